The predicted octanol–water partition coefficient (Wildman–Crippen LogP) is 2.08. The fourth-order valence-electron chi connectivity index (χ4n) is 3.04. The maximum atomic E-state index is 12.5. The number of para-hydroxylation sites is 1. The minimum atomic E-state index is -0.122. The molecule has 0 unspecified atom stereocenters. The standard InChI is InChI=1S/C19H24N4O2S/c1-3-16-14(2)18(25)21-19(20-16)26-13-17(24)23-11-9-22(10-12-23)15-7-5-4-6-8-15/h4-8H,3,9-13H2,1-2H3,(H,20,21,25). The number of nitrogens with one attached hydrogen (secondary N) is 1. The van der Waals surface area contributed by atoms with Gasteiger partial charge in [-0.1, -0.05) is 36.9 Å². The van der Waals surface area contributed by atoms with Crippen LogP contribution in [0.15, 0.2) is 40.3 Å². The molecule has 0 atom stereocenters. The second-order valence-electron chi connectivity index (χ2n) is 6.29. The first-order valence-corrected chi connectivity index (χ1v) is 9.87. The first-order valence-electron chi connectivity index (χ1n) is 8.89. The van der Waals surface area contributed by atoms with Crippen molar-refractivity contribution in [3.63, 3.8) is 0 Å². The quantitative estimate of drug-likeness (QED) is 0.643. The molecule has 0 bridgehead atoms. The van der Waals surface area contributed by atoms with Gasteiger partial charge in [-0.25, -0.2) is 4.98 Å². The number of thioether (sulfide) groups is 1. The first-order chi connectivity index (χ1) is 12.6. The van der Waals surface area contributed by atoms with Crippen molar-refractivity contribution in [3.8, 4) is 0 Å². The minimum Gasteiger partial charge on any atom is -0.368 e. The molecule has 0 aliphatic carbocycles. The van der Waals surface area contributed by atoms with Crippen LogP contribution in [0, 0.1) is 6.92 Å². The number of aromatic nitrogens is 2. The maximum Gasteiger partial charge on any atom is 0.254 e. The molecule has 6 nitrogen and oxygen atoms in total. The van der Waals surface area contributed by atoms with Crippen molar-refractivity contribution in [2.24, 2.45) is 0 Å². The number of nitrogens with zero attached hydrogens (tertiary/aromatic N) is 3. The Labute approximate surface area is 157 Å². The number of aryl methyl sites for hydroxylation is 1. The highest BCUT2D eigenvalue weighted by molar-refractivity contribution is 7.99. The second-order valence-corrected chi connectivity index (χ2v) is 7.25. The van der Waals surface area contributed by atoms with Crippen molar-refractivity contribution in [2.75, 3.05) is 36.8 Å². The van der Waals surface area contributed by atoms with E-state index >= 15 is 0 Å². The monoisotopic (exact) mass is 372 g/mol. The Morgan fingerprint density at radius 3 is 2.54 bits per heavy atom. The highest BCUT2D eigenvalue weighted by Gasteiger charge is 2.21. The Kier molecular flexibility index (Phi) is 5.98. The topological polar surface area (TPSA) is 69.3 Å². The molecule has 7 heteroatoms. The van der Waals surface area contributed by atoms with E-state index in [1.165, 1.54) is 17.4 Å². The number of benzene rings is 1. The summed E-state index contributed by atoms with van der Waals surface area (Å²) in [4.78, 5) is 35.8. The van der Waals surface area contributed by atoms with Gasteiger partial charge in [0.2, 0.25) is 5.91 Å². The van der Waals surface area contributed by atoms with E-state index in [2.05, 4.69) is 27.0 Å². The SMILES string of the molecule is CCc1nc(SCC(=O)N2CCN(c3ccccc3)CC2)[nH]c(=O)c1C. The molecule has 1 aliphatic rings. The molecule has 0 spiro atoms. The predicted molar refractivity (Wildman–Crippen MR) is 105 cm³/mol. The molecule has 1 saturated heterocycles. The molecule has 2 aromatic rings. The molecule has 1 N–H and O–H groups in total. The molecule has 138 valence electrons. The van der Waals surface area contributed by atoms with E-state index in [0.717, 1.165) is 18.8 Å². The highest BCUT2D eigenvalue weighted by Crippen LogP contribution is 2.18. The third-order valence-corrected chi connectivity index (χ3v) is 5.51. The number of carbonyl (C=O) groups is 1. The summed E-state index contributed by atoms with van der Waals surface area (Å²) in [6.45, 7) is 6.84. The number of aromatic amines is 1. The number of anilines is 1. The molecule has 1 fully saturated rings. The number of hydrogen-bond acceptors (Lipinski definition) is 5. The minimum absolute atomic E-state index is 0.0870. The lowest BCUT2D eigenvalue weighted by molar-refractivity contribution is -0.128. The third-order valence-electron chi connectivity index (χ3n) is 4.65. The molecule has 2 heterocycles. The Morgan fingerprint density at radius 2 is 1.88 bits per heavy atom. The second kappa shape index (κ2) is 8.40. The van der Waals surface area contributed by atoms with Gasteiger partial charge in [0.25, 0.3) is 5.56 Å². The van der Waals surface area contributed by atoms with E-state index in [4.69, 9.17) is 0 Å². The van der Waals surface area contributed by atoms with Crippen LogP contribution in [0.5, 0.6) is 0 Å². The molecule has 26 heavy (non-hydrogen) atoms. The maximum absolute atomic E-state index is 12.5. The van der Waals surface area contributed by atoms with Crippen molar-refractivity contribution in [3.05, 3.63) is 51.9 Å². The van der Waals surface area contributed by atoms with Gasteiger partial charge in [-0.3, -0.25) is 9.59 Å². The van der Waals surface area contributed by atoms with Gasteiger partial charge in [-0.2, -0.15) is 0 Å². The van der Waals surface area contributed by atoms with Gasteiger partial charge in [0.15, 0.2) is 5.16 Å². The fraction of sp³-hybridized carbons (Fsp3) is 0.421. The molecule has 0 saturated carbocycles. The van der Waals surface area contributed by atoms with Crippen LogP contribution in [0.25, 0.3) is 0 Å². The van der Waals surface area contributed by atoms with Crippen LogP contribution >= 0.6 is 11.8 Å². The van der Waals surface area contributed by atoms with E-state index in [1.54, 1.807) is 6.92 Å². The number of rotatable bonds is 5. The van der Waals surface area contributed by atoms with Gasteiger partial charge < -0.3 is 14.8 Å². The summed E-state index contributed by atoms with van der Waals surface area (Å²) in [5.74, 6) is 0.379. The zero-order valence-corrected chi connectivity index (χ0v) is 16.0. The van der Waals surface area contributed by atoms with Crippen LogP contribution < -0.4 is 10.5 Å². The Hall–Kier alpha value is -2.28. The molecule has 1 aliphatic heterocycles. The summed E-state index contributed by atoms with van der Waals surface area (Å²) in [6, 6.07) is 10.3. The van der Waals surface area contributed by atoms with Gasteiger partial charge in [-0.05, 0) is 25.5 Å². The van der Waals surface area contributed by atoms with Gasteiger partial charge in [-0.15, -0.1) is 0 Å². The van der Waals surface area contributed by atoms with Crippen molar-refractivity contribution < 1.29 is 4.79 Å². The lowest BCUT2D eigenvalue weighted by Gasteiger charge is -2.36. The largest absolute Gasteiger partial charge is 0.368 e. The van der Waals surface area contributed by atoms with Crippen molar-refractivity contribution in [2.45, 2.75) is 25.4 Å². The van der Waals surface area contributed by atoms with Crippen LogP contribution in [0.3, 0.4) is 0 Å². The first kappa shape index (κ1) is 18.5. The van der Waals surface area contributed by atoms with Crippen molar-refractivity contribution >= 4 is 23.4 Å². The smallest absolute Gasteiger partial charge is 0.254 e. The number of carbonyl (C=O) groups excluding carboxylic acids is 1. The van der Waals surface area contributed by atoms with Crippen molar-refractivity contribution in [1.82, 2.24) is 14.9 Å². The van der Waals surface area contributed by atoms with Gasteiger partial charge in [0.05, 0.1) is 11.4 Å². The van der Waals surface area contributed by atoms with Crippen molar-refractivity contribution in [1.29, 1.82) is 0 Å². The summed E-state index contributed by atoms with van der Waals surface area (Å²) in [7, 11) is 0. The summed E-state index contributed by atoms with van der Waals surface area (Å²) < 4.78 is 0. The molecule has 3 rings (SSSR count). The van der Waals surface area contributed by atoms with E-state index < -0.39 is 0 Å². The average molecular weight is 372 g/mol. The summed E-state index contributed by atoms with van der Waals surface area (Å²) in [6.07, 6.45) is 0.707. The zero-order valence-electron chi connectivity index (χ0n) is 15.2. The number of H-pyrrole nitrogens is 1. The van der Waals surface area contributed by atoms with Crippen LogP contribution in [0.4, 0.5) is 5.69 Å². The molecule has 1 amide bonds. The van der Waals surface area contributed by atoms with Crippen LogP contribution in [-0.2, 0) is 11.2 Å². The van der Waals surface area contributed by atoms with Crippen LogP contribution in [-0.4, -0.2) is 52.7 Å². The lowest BCUT2D eigenvalue weighted by atomic mass is 10.2. The molecular formula is C19H24N4O2S. The molecule has 1 aromatic carbocycles. The number of hydrogen-bond donors (Lipinski definition) is 1. The van der Waals surface area contributed by atoms with Gasteiger partial charge in [0.1, 0.15) is 0 Å². The van der Waals surface area contributed by atoms with E-state index in [9.17, 15) is 9.59 Å². The summed E-state index contributed by atoms with van der Waals surface area (Å²) in [5.41, 5.74) is 2.52. The Bertz CT molecular complexity index is 814. The summed E-state index contributed by atoms with van der Waals surface area (Å²) >= 11 is 1.30. The zero-order chi connectivity index (χ0) is 18.5. The van der Waals surface area contributed by atoms with E-state index in [0.29, 0.717) is 36.0 Å². The average Bonchev–Trinajstić information content (AvgIpc) is 2.69. The normalized spacial score (nSPS) is 14.5. The molecule has 0 radical (unpaired) electrons. The van der Waals surface area contributed by atoms with Crippen LogP contribution in [0.1, 0.15) is 18.2 Å². The molecule has 1 aromatic heterocycles. The van der Waals surface area contributed by atoms with Gasteiger partial charge in [0, 0.05) is 37.4 Å². The summed E-state index contributed by atoms with van der Waals surface area (Å²) in [5, 5.41) is 0.522. The molecular weight excluding hydrogens is 348 g/mol. The van der Waals surface area contributed by atoms with E-state index in [-0.39, 0.29) is 11.5 Å². The van der Waals surface area contributed by atoms with Crippen LogP contribution in [0.2, 0.25) is 0 Å². The third kappa shape index (κ3) is 4.27. The Morgan fingerprint density at radius 1 is 1.19 bits per heavy atom. The lowest BCUT2D eigenvalue weighted by Crippen LogP contribution is -2.49. The van der Waals surface area contributed by atoms with E-state index in [1.807, 2.05) is 30.0 Å². The fourth-order valence-corrected chi connectivity index (χ4v) is 3.83. The van der Waals surface area contributed by atoms with Gasteiger partial charge >= 0.3 is 0 Å². The number of piperazine rings is 1. The number of amides is 1. The Balaban J connectivity index is 1.54. The highest BCUT2D eigenvalue weighted by atomic mass is 32.2.